The van der Waals surface area contributed by atoms with Crippen molar-refractivity contribution in [2.45, 2.75) is 78.0 Å². The first-order valence-corrected chi connectivity index (χ1v) is 11.4. The summed E-state index contributed by atoms with van der Waals surface area (Å²) in [5.74, 6) is -0.904. The minimum absolute atomic E-state index is 0.230. The number of likely N-dealkylation sites (N-methyl/N-ethyl adjacent to an activating group) is 1. The number of amides is 2. The number of ether oxygens (including phenoxy) is 2. The second-order valence-corrected chi connectivity index (χ2v) is 9.71. The molecule has 1 aromatic carbocycles. The molecule has 0 fully saturated rings. The normalized spacial score (nSPS) is 12.8. The lowest BCUT2D eigenvalue weighted by Gasteiger charge is -2.36. The van der Waals surface area contributed by atoms with Gasteiger partial charge in [0.1, 0.15) is 17.2 Å². The van der Waals surface area contributed by atoms with Gasteiger partial charge in [0, 0.05) is 30.6 Å². The first-order valence-electron chi connectivity index (χ1n) is 11.4. The highest BCUT2D eigenvalue weighted by Crippen LogP contribution is 2.22. The molecule has 0 bridgehead atoms. The molecule has 0 unspecified atom stereocenters. The van der Waals surface area contributed by atoms with Crippen LogP contribution in [0.1, 0.15) is 59.9 Å². The van der Waals surface area contributed by atoms with E-state index in [1.807, 2.05) is 37.4 Å². The van der Waals surface area contributed by atoms with E-state index in [0.29, 0.717) is 6.61 Å². The highest BCUT2D eigenvalue weighted by Gasteiger charge is 2.40. The van der Waals surface area contributed by atoms with Crippen LogP contribution in [0.4, 0.5) is 4.79 Å². The molecule has 1 aromatic heterocycles. The Balaban J connectivity index is 2.28. The van der Waals surface area contributed by atoms with Gasteiger partial charge in [-0.05, 0) is 52.7 Å². The molecule has 0 aliphatic heterocycles. The quantitative estimate of drug-likeness (QED) is 0.433. The van der Waals surface area contributed by atoms with Crippen LogP contribution < -0.4 is 5.32 Å². The van der Waals surface area contributed by atoms with Gasteiger partial charge in [0.05, 0.1) is 6.61 Å². The fourth-order valence-electron chi connectivity index (χ4n) is 3.30. The van der Waals surface area contributed by atoms with Gasteiger partial charge in [0.2, 0.25) is 5.91 Å². The van der Waals surface area contributed by atoms with Crippen molar-refractivity contribution >= 4 is 28.9 Å². The molecule has 0 saturated heterocycles. The molecule has 0 aliphatic carbocycles. The lowest BCUT2D eigenvalue weighted by Crippen LogP contribution is -2.58. The van der Waals surface area contributed by atoms with Crippen LogP contribution in [0.5, 0.6) is 0 Å². The highest BCUT2D eigenvalue weighted by atomic mass is 16.6. The molecule has 2 N–H and O–H groups in total. The highest BCUT2D eigenvalue weighted by molar-refractivity contribution is 5.92. The number of esters is 1. The zero-order valence-corrected chi connectivity index (χ0v) is 20.8. The molecule has 0 saturated carbocycles. The Kier molecular flexibility index (Phi) is 8.52. The van der Waals surface area contributed by atoms with Crippen molar-refractivity contribution in [1.82, 2.24) is 15.2 Å². The number of hydrogen-bond acceptors (Lipinski definition) is 5. The molecular formula is C25H37N3O5. The van der Waals surface area contributed by atoms with Crippen molar-refractivity contribution in [3.63, 3.8) is 0 Å². The summed E-state index contributed by atoms with van der Waals surface area (Å²) in [7, 11) is 1.54. The van der Waals surface area contributed by atoms with Crippen molar-refractivity contribution in [2.24, 2.45) is 0 Å². The summed E-state index contributed by atoms with van der Waals surface area (Å²) in [5, 5.41) is 3.66. The van der Waals surface area contributed by atoms with Crippen LogP contribution in [0.3, 0.4) is 0 Å². The fraction of sp³-hybridized carbons (Fsp3) is 0.560. The van der Waals surface area contributed by atoms with Crippen molar-refractivity contribution in [2.75, 3.05) is 13.7 Å². The van der Waals surface area contributed by atoms with Gasteiger partial charge in [-0.15, -0.1) is 0 Å². The van der Waals surface area contributed by atoms with Crippen LogP contribution in [0.15, 0.2) is 30.5 Å². The predicted molar refractivity (Wildman–Crippen MR) is 128 cm³/mol. The van der Waals surface area contributed by atoms with E-state index >= 15 is 0 Å². The number of aromatic amines is 1. The van der Waals surface area contributed by atoms with E-state index in [4.69, 9.17) is 9.47 Å². The van der Waals surface area contributed by atoms with Crippen LogP contribution in [-0.4, -0.2) is 58.7 Å². The third kappa shape index (κ3) is 6.97. The summed E-state index contributed by atoms with van der Waals surface area (Å²) in [6.45, 7) is 10.8. The van der Waals surface area contributed by atoms with Crippen LogP contribution in [0, 0.1) is 0 Å². The molecule has 8 heteroatoms. The number of unbranched alkanes of at least 4 members (excludes halogenated alkanes) is 1. The maximum atomic E-state index is 13.5. The standard InChI is InChI=1S/C25H37N3O5/c1-8-9-14-32-22(30)25(5,6)28(7)21(29)20(27-23(31)33-24(2,3)4)15-17-16-26-19-13-11-10-12-18(17)19/h10-13,16,20,26H,8-9,14-15H2,1-7H3,(H,27,31)/t20-/m1/s1. The number of carbonyl (C=O) groups excluding carboxylic acids is 3. The summed E-state index contributed by atoms with van der Waals surface area (Å²) in [5.41, 5.74) is -0.119. The average Bonchev–Trinajstić information content (AvgIpc) is 3.13. The van der Waals surface area contributed by atoms with Crippen molar-refractivity contribution in [1.29, 1.82) is 0 Å². The maximum Gasteiger partial charge on any atom is 0.408 e. The van der Waals surface area contributed by atoms with Crippen molar-refractivity contribution < 1.29 is 23.9 Å². The number of H-pyrrole nitrogens is 1. The molecule has 2 amide bonds. The van der Waals surface area contributed by atoms with E-state index in [2.05, 4.69) is 10.3 Å². The zero-order chi connectivity index (χ0) is 24.8. The summed E-state index contributed by atoms with van der Waals surface area (Å²) in [4.78, 5) is 43.3. The first kappa shape index (κ1) is 26.2. The Morgan fingerprint density at radius 3 is 2.42 bits per heavy atom. The summed E-state index contributed by atoms with van der Waals surface area (Å²) in [6, 6.07) is 6.80. The molecule has 182 valence electrons. The SMILES string of the molecule is CCCCOC(=O)C(C)(C)N(C)C(=O)[C@@H](Cc1c[nH]c2ccccc12)NC(=O)OC(C)(C)C. The van der Waals surface area contributed by atoms with E-state index in [-0.39, 0.29) is 6.42 Å². The molecular weight excluding hydrogens is 422 g/mol. The number of nitrogens with one attached hydrogen (secondary N) is 2. The monoisotopic (exact) mass is 459 g/mol. The fourth-order valence-corrected chi connectivity index (χ4v) is 3.30. The lowest BCUT2D eigenvalue weighted by atomic mass is 9.99. The van der Waals surface area contributed by atoms with E-state index in [9.17, 15) is 14.4 Å². The van der Waals surface area contributed by atoms with Gasteiger partial charge in [-0.2, -0.15) is 0 Å². The maximum absolute atomic E-state index is 13.5. The molecule has 0 radical (unpaired) electrons. The second kappa shape index (κ2) is 10.7. The van der Waals surface area contributed by atoms with Crippen LogP contribution >= 0.6 is 0 Å². The van der Waals surface area contributed by atoms with E-state index < -0.39 is 35.2 Å². The third-order valence-corrected chi connectivity index (χ3v) is 5.49. The molecule has 1 atom stereocenters. The molecule has 2 aromatic rings. The number of benzene rings is 1. The van der Waals surface area contributed by atoms with Gasteiger partial charge in [-0.1, -0.05) is 31.5 Å². The number of alkyl carbamates (subject to hydrolysis) is 1. The molecule has 33 heavy (non-hydrogen) atoms. The second-order valence-electron chi connectivity index (χ2n) is 9.71. The number of rotatable bonds is 9. The van der Waals surface area contributed by atoms with Gasteiger partial charge >= 0.3 is 12.1 Å². The Morgan fingerprint density at radius 1 is 1.12 bits per heavy atom. The molecule has 2 rings (SSSR count). The minimum atomic E-state index is -1.21. The Morgan fingerprint density at radius 2 is 1.79 bits per heavy atom. The van der Waals surface area contributed by atoms with Gasteiger partial charge in [0.25, 0.3) is 0 Å². The number of nitrogens with zero attached hydrogens (tertiary/aromatic N) is 1. The van der Waals surface area contributed by atoms with Crippen molar-refractivity contribution in [3.8, 4) is 0 Å². The smallest absolute Gasteiger partial charge is 0.408 e. The predicted octanol–water partition coefficient (Wildman–Crippen LogP) is 4.18. The molecule has 1 heterocycles. The van der Waals surface area contributed by atoms with E-state index in [1.165, 1.54) is 4.90 Å². The number of carbonyl (C=O) groups is 3. The van der Waals surface area contributed by atoms with E-state index in [1.54, 1.807) is 41.7 Å². The van der Waals surface area contributed by atoms with E-state index in [0.717, 1.165) is 29.3 Å². The van der Waals surface area contributed by atoms with Gasteiger partial charge in [-0.3, -0.25) is 4.79 Å². The van der Waals surface area contributed by atoms with Gasteiger partial charge in [-0.25, -0.2) is 9.59 Å². The molecule has 8 nitrogen and oxygen atoms in total. The largest absolute Gasteiger partial charge is 0.464 e. The zero-order valence-electron chi connectivity index (χ0n) is 20.8. The summed E-state index contributed by atoms with van der Waals surface area (Å²) < 4.78 is 10.7. The van der Waals surface area contributed by atoms with Crippen molar-refractivity contribution in [3.05, 3.63) is 36.0 Å². The number of fused-ring (bicyclic) bond motifs is 1. The van der Waals surface area contributed by atoms with Crippen LogP contribution in [-0.2, 0) is 25.5 Å². The number of aromatic nitrogens is 1. The van der Waals surface area contributed by atoms with Gasteiger partial charge < -0.3 is 24.7 Å². The number of para-hydroxylation sites is 1. The lowest BCUT2D eigenvalue weighted by molar-refractivity contribution is -0.161. The number of hydrogen-bond donors (Lipinski definition) is 2. The summed E-state index contributed by atoms with van der Waals surface area (Å²) in [6.07, 6.45) is 3.01. The Hall–Kier alpha value is -3.03. The summed E-state index contributed by atoms with van der Waals surface area (Å²) >= 11 is 0. The van der Waals surface area contributed by atoms with Crippen LogP contribution in [0.25, 0.3) is 10.9 Å². The average molecular weight is 460 g/mol. The minimum Gasteiger partial charge on any atom is -0.464 e. The Labute approximate surface area is 196 Å². The van der Waals surface area contributed by atoms with Gasteiger partial charge in [0.15, 0.2) is 0 Å². The first-order chi connectivity index (χ1) is 15.4. The van der Waals surface area contributed by atoms with Crippen LogP contribution in [0.2, 0.25) is 0 Å². The third-order valence-electron chi connectivity index (χ3n) is 5.49. The molecule has 0 spiro atoms. The topological polar surface area (TPSA) is 101 Å². The molecule has 0 aliphatic rings. The Bertz CT molecular complexity index is 974.